The van der Waals surface area contributed by atoms with Gasteiger partial charge in [-0.2, -0.15) is 5.10 Å². The lowest BCUT2D eigenvalue weighted by Crippen LogP contribution is -2.20. The van der Waals surface area contributed by atoms with Gasteiger partial charge >= 0.3 is 0 Å². The van der Waals surface area contributed by atoms with Gasteiger partial charge in [-0.15, -0.1) is 0 Å². The second-order valence-electron chi connectivity index (χ2n) is 7.90. The molecule has 0 amide bonds. The number of ketones is 1. The number of aryl methyl sites for hydroxylation is 1. The van der Waals surface area contributed by atoms with E-state index in [0.717, 1.165) is 36.2 Å². The number of fused-ring (bicyclic) bond motifs is 1. The second-order valence-corrected chi connectivity index (χ2v) is 7.90. The van der Waals surface area contributed by atoms with Gasteiger partial charge in [-0.25, -0.2) is 0 Å². The zero-order chi connectivity index (χ0) is 15.1. The summed E-state index contributed by atoms with van der Waals surface area (Å²) in [6.07, 6.45) is 3.74. The van der Waals surface area contributed by atoms with Crippen LogP contribution in [0.25, 0.3) is 0 Å². The van der Waals surface area contributed by atoms with E-state index in [9.17, 15) is 4.79 Å². The largest absolute Gasteiger partial charge is 0.294 e. The standard InChI is InChI=1S/C17H28N2O/c1-11-8-14-16(15(20)9-11)13(18-19(14)6)7-12(2)10-17(3,4)5/h11-12H,7-10H2,1-6H3. The molecule has 1 aromatic heterocycles. The normalized spacial score (nSPS) is 20.9. The van der Waals surface area contributed by atoms with Crippen LogP contribution in [0, 0.1) is 17.3 Å². The van der Waals surface area contributed by atoms with Gasteiger partial charge < -0.3 is 0 Å². The maximum atomic E-state index is 12.3. The maximum Gasteiger partial charge on any atom is 0.166 e. The summed E-state index contributed by atoms with van der Waals surface area (Å²) in [5, 5.41) is 4.64. The Balaban J connectivity index is 2.22. The fraction of sp³-hybridized carbons (Fsp3) is 0.765. The minimum atomic E-state index is 0.296. The van der Waals surface area contributed by atoms with E-state index in [1.807, 2.05) is 11.7 Å². The zero-order valence-corrected chi connectivity index (χ0v) is 13.8. The van der Waals surface area contributed by atoms with Crippen molar-refractivity contribution < 1.29 is 4.79 Å². The van der Waals surface area contributed by atoms with Crippen LogP contribution >= 0.6 is 0 Å². The molecule has 2 unspecified atom stereocenters. The number of carbonyl (C=O) groups excluding carboxylic acids is 1. The van der Waals surface area contributed by atoms with Crippen LogP contribution in [0.5, 0.6) is 0 Å². The molecule has 0 saturated heterocycles. The molecule has 20 heavy (non-hydrogen) atoms. The van der Waals surface area contributed by atoms with Crippen molar-refractivity contribution in [2.45, 2.75) is 60.3 Å². The quantitative estimate of drug-likeness (QED) is 0.841. The van der Waals surface area contributed by atoms with Crippen molar-refractivity contribution in [3.8, 4) is 0 Å². The highest BCUT2D eigenvalue weighted by Gasteiger charge is 2.30. The van der Waals surface area contributed by atoms with Gasteiger partial charge in [-0.1, -0.05) is 34.6 Å². The van der Waals surface area contributed by atoms with Gasteiger partial charge in [-0.3, -0.25) is 9.48 Å². The van der Waals surface area contributed by atoms with Crippen LogP contribution < -0.4 is 0 Å². The smallest absolute Gasteiger partial charge is 0.166 e. The van der Waals surface area contributed by atoms with Crippen molar-refractivity contribution in [3.05, 3.63) is 17.0 Å². The predicted molar refractivity (Wildman–Crippen MR) is 82.0 cm³/mol. The SMILES string of the molecule is CC1CC(=O)c2c(CC(C)CC(C)(C)C)nn(C)c2C1. The topological polar surface area (TPSA) is 34.9 Å². The summed E-state index contributed by atoms with van der Waals surface area (Å²) in [7, 11) is 1.97. The fourth-order valence-corrected chi connectivity index (χ4v) is 3.59. The average Bonchev–Trinajstić information content (AvgIpc) is 2.52. The third kappa shape index (κ3) is 3.31. The molecule has 0 fully saturated rings. The first kappa shape index (κ1) is 15.3. The highest BCUT2D eigenvalue weighted by Crippen LogP contribution is 2.31. The summed E-state index contributed by atoms with van der Waals surface area (Å²) in [6.45, 7) is 11.2. The molecule has 2 atom stereocenters. The van der Waals surface area contributed by atoms with Crippen LogP contribution in [0.1, 0.15) is 69.2 Å². The molecule has 1 aliphatic rings. The minimum absolute atomic E-state index is 0.296. The summed E-state index contributed by atoms with van der Waals surface area (Å²) in [5.41, 5.74) is 3.43. The van der Waals surface area contributed by atoms with E-state index in [-0.39, 0.29) is 0 Å². The lowest BCUT2D eigenvalue weighted by Gasteiger charge is -2.23. The molecule has 0 N–H and O–H groups in total. The first-order chi connectivity index (χ1) is 9.17. The molecule has 0 aliphatic heterocycles. The summed E-state index contributed by atoms with van der Waals surface area (Å²) in [6, 6.07) is 0. The molecule has 0 saturated carbocycles. The van der Waals surface area contributed by atoms with Gasteiger partial charge in [-0.05, 0) is 36.5 Å². The van der Waals surface area contributed by atoms with Crippen LogP contribution in [-0.4, -0.2) is 15.6 Å². The van der Waals surface area contributed by atoms with Gasteiger partial charge in [0.2, 0.25) is 0 Å². The number of carbonyl (C=O) groups is 1. The van der Waals surface area contributed by atoms with E-state index in [2.05, 4.69) is 39.7 Å². The molecule has 0 aromatic carbocycles. The van der Waals surface area contributed by atoms with Crippen molar-refractivity contribution in [1.82, 2.24) is 9.78 Å². The van der Waals surface area contributed by atoms with Crippen molar-refractivity contribution in [3.63, 3.8) is 0 Å². The minimum Gasteiger partial charge on any atom is -0.294 e. The Morgan fingerprint density at radius 3 is 2.60 bits per heavy atom. The van der Waals surface area contributed by atoms with Gasteiger partial charge in [0.15, 0.2) is 5.78 Å². The molecule has 1 aliphatic carbocycles. The molecule has 3 nitrogen and oxygen atoms in total. The molecular weight excluding hydrogens is 248 g/mol. The molecule has 0 spiro atoms. The van der Waals surface area contributed by atoms with Gasteiger partial charge in [0.05, 0.1) is 11.3 Å². The average molecular weight is 276 g/mol. The Bertz CT molecular complexity index is 508. The van der Waals surface area contributed by atoms with Crippen LogP contribution in [-0.2, 0) is 19.9 Å². The van der Waals surface area contributed by atoms with Crippen LogP contribution in [0.15, 0.2) is 0 Å². The van der Waals surface area contributed by atoms with Crippen molar-refractivity contribution >= 4 is 5.78 Å². The molecule has 0 radical (unpaired) electrons. The number of aromatic nitrogens is 2. The fourth-order valence-electron chi connectivity index (χ4n) is 3.59. The summed E-state index contributed by atoms with van der Waals surface area (Å²) < 4.78 is 1.93. The predicted octanol–water partition coefficient (Wildman–Crippen LogP) is 3.80. The highest BCUT2D eigenvalue weighted by atomic mass is 16.1. The van der Waals surface area contributed by atoms with Crippen molar-refractivity contribution in [2.24, 2.45) is 24.3 Å². The van der Waals surface area contributed by atoms with Crippen LogP contribution in [0.2, 0.25) is 0 Å². The van der Waals surface area contributed by atoms with Crippen LogP contribution in [0.3, 0.4) is 0 Å². The summed E-state index contributed by atoms with van der Waals surface area (Å²) in [4.78, 5) is 12.3. The van der Waals surface area contributed by atoms with Gasteiger partial charge in [0.1, 0.15) is 0 Å². The van der Waals surface area contributed by atoms with Gasteiger partial charge in [0.25, 0.3) is 0 Å². The number of hydrogen-bond acceptors (Lipinski definition) is 2. The Morgan fingerprint density at radius 2 is 2.00 bits per heavy atom. The molecule has 112 valence electrons. The number of nitrogens with zero attached hydrogens (tertiary/aromatic N) is 2. The van der Waals surface area contributed by atoms with E-state index in [1.165, 1.54) is 0 Å². The lowest BCUT2D eigenvalue weighted by molar-refractivity contribution is 0.0951. The third-order valence-corrected chi connectivity index (χ3v) is 4.10. The Labute approximate surface area is 122 Å². The molecule has 2 rings (SSSR count). The molecule has 1 heterocycles. The second kappa shape index (κ2) is 5.34. The van der Waals surface area contributed by atoms with E-state index in [4.69, 9.17) is 0 Å². The van der Waals surface area contributed by atoms with Crippen LogP contribution in [0.4, 0.5) is 0 Å². The Hall–Kier alpha value is -1.12. The zero-order valence-electron chi connectivity index (χ0n) is 13.8. The van der Waals surface area contributed by atoms with Crippen molar-refractivity contribution in [2.75, 3.05) is 0 Å². The van der Waals surface area contributed by atoms with E-state index >= 15 is 0 Å². The Morgan fingerprint density at radius 1 is 1.35 bits per heavy atom. The van der Waals surface area contributed by atoms with Crippen molar-refractivity contribution in [1.29, 1.82) is 0 Å². The first-order valence-corrected chi connectivity index (χ1v) is 7.75. The number of rotatable bonds is 3. The lowest BCUT2D eigenvalue weighted by atomic mass is 9.81. The number of Topliss-reactive ketones (excluding diaryl/α,β-unsaturated/α-hetero) is 1. The first-order valence-electron chi connectivity index (χ1n) is 7.75. The third-order valence-electron chi connectivity index (χ3n) is 4.10. The molecule has 3 heteroatoms. The summed E-state index contributed by atoms with van der Waals surface area (Å²) in [5.74, 6) is 1.30. The molecule has 0 bridgehead atoms. The van der Waals surface area contributed by atoms with E-state index in [1.54, 1.807) is 0 Å². The van der Waals surface area contributed by atoms with Gasteiger partial charge in [0, 0.05) is 19.2 Å². The highest BCUT2D eigenvalue weighted by molar-refractivity contribution is 5.99. The molecular formula is C17H28N2O. The Kier molecular flexibility index (Phi) is 4.08. The van der Waals surface area contributed by atoms with E-state index < -0.39 is 0 Å². The monoisotopic (exact) mass is 276 g/mol. The number of hydrogen-bond donors (Lipinski definition) is 0. The summed E-state index contributed by atoms with van der Waals surface area (Å²) >= 11 is 0. The maximum absolute atomic E-state index is 12.3. The molecule has 1 aromatic rings. The van der Waals surface area contributed by atoms with E-state index in [0.29, 0.717) is 29.5 Å².